The molecule has 6 heteroatoms. The predicted molar refractivity (Wildman–Crippen MR) is 132 cm³/mol. The number of amides is 2. The number of ether oxygens (including phenoxy) is 2. The number of fused-ring (bicyclic) bond motifs is 1. The fraction of sp³-hybridized carbons (Fsp3) is 0.286. The van der Waals surface area contributed by atoms with E-state index in [4.69, 9.17) is 9.47 Å². The van der Waals surface area contributed by atoms with Gasteiger partial charge in [-0.05, 0) is 54.3 Å². The van der Waals surface area contributed by atoms with Gasteiger partial charge in [-0.2, -0.15) is 0 Å². The number of carbonyl (C=O) groups excluding carboxylic acids is 2. The summed E-state index contributed by atoms with van der Waals surface area (Å²) in [5.74, 6) is 1.16. The van der Waals surface area contributed by atoms with E-state index in [1.165, 1.54) is 0 Å². The van der Waals surface area contributed by atoms with Crippen LogP contribution in [0.5, 0.6) is 11.5 Å². The highest BCUT2D eigenvalue weighted by Crippen LogP contribution is 2.28. The molecule has 6 nitrogen and oxygen atoms in total. The first kappa shape index (κ1) is 23.4. The van der Waals surface area contributed by atoms with Crippen LogP contribution in [0.3, 0.4) is 0 Å². The van der Waals surface area contributed by atoms with Crippen LogP contribution in [0.2, 0.25) is 0 Å². The lowest BCUT2D eigenvalue weighted by Gasteiger charge is -2.20. The van der Waals surface area contributed by atoms with Crippen molar-refractivity contribution in [2.75, 3.05) is 25.6 Å². The van der Waals surface area contributed by atoms with Crippen LogP contribution in [-0.4, -0.2) is 37.0 Å². The van der Waals surface area contributed by atoms with Gasteiger partial charge < -0.3 is 19.7 Å². The van der Waals surface area contributed by atoms with Crippen LogP contribution in [0.4, 0.5) is 5.69 Å². The van der Waals surface area contributed by atoms with E-state index in [1.54, 1.807) is 12.0 Å². The molecule has 1 aliphatic heterocycles. The molecular formula is C28H30N2O4. The average molecular weight is 459 g/mol. The molecule has 0 aliphatic carbocycles. The summed E-state index contributed by atoms with van der Waals surface area (Å²) in [6.07, 6.45) is 1.44. The molecule has 0 fully saturated rings. The van der Waals surface area contributed by atoms with Gasteiger partial charge in [0.2, 0.25) is 5.91 Å². The molecule has 0 spiro atoms. The Balaban J connectivity index is 1.45. The van der Waals surface area contributed by atoms with Crippen molar-refractivity contribution >= 4 is 17.5 Å². The van der Waals surface area contributed by atoms with E-state index in [0.29, 0.717) is 30.9 Å². The van der Waals surface area contributed by atoms with E-state index in [1.807, 2.05) is 79.7 Å². The van der Waals surface area contributed by atoms with Gasteiger partial charge >= 0.3 is 0 Å². The lowest BCUT2D eigenvalue weighted by molar-refractivity contribution is -0.133. The number of hydrogen-bond donors (Lipinski definition) is 1. The van der Waals surface area contributed by atoms with Crippen LogP contribution in [0, 0.1) is 0 Å². The standard InChI is InChI=1S/C28H30N2O4/c1-3-25(21-7-5-4-6-8-21)28(32)29-23-11-14-26-22(17-23)18-30(27(31)19-34-26)16-15-20-9-12-24(33-2)13-10-20/h4-14,17,25H,3,15-16,18-19H2,1-2H3,(H,29,32). The molecule has 0 bridgehead atoms. The highest BCUT2D eigenvalue weighted by atomic mass is 16.5. The molecule has 0 radical (unpaired) electrons. The number of nitrogens with zero attached hydrogens (tertiary/aromatic N) is 1. The minimum absolute atomic E-state index is 0.00718. The number of anilines is 1. The molecular weight excluding hydrogens is 428 g/mol. The van der Waals surface area contributed by atoms with Gasteiger partial charge in [0.1, 0.15) is 11.5 Å². The second kappa shape index (κ2) is 10.9. The van der Waals surface area contributed by atoms with E-state index >= 15 is 0 Å². The second-order valence-corrected chi connectivity index (χ2v) is 8.39. The maximum Gasteiger partial charge on any atom is 0.260 e. The molecule has 2 amide bonds. The van der Waals surface area contributed by atoms with Crippen molar-refractivity contribution in [1.82, 2.24) is 4.90 Å². The molecule has 0 saturated heterocycles. The van der Waals surface area contributed by atoms with E-state index in [-0.39, 0.29) is 24.3 Å². The molecule has 176 valence electrons. The Hall–Kier alpha value is -3.80. The largest absolute Gasteiger partial charge is 0.497 e. The predicted octanol–water partition coefficient (Wildman–Crippen LogP) is 4.79. The number of carbonyl (C=O) groups is 2. The summed E-state index contributed by atoms with van der Waals surface area (Å²) < 4.78 is 11.0. The minimum atomic E-state index is -0.223. The molecule has 0 aromatic heterocycles. The molecule has 1 aliphatic rings. The zero-order chi connectivity index (χ0) is 23.9. The fourth-order valence-electron chi connectivity index (χ4n) is 4.19. The summed E-state index contributed by atoms with van der Waals surface area (Å²) in [5, 5.41) is 3.05. The van der Waals surface area contributed by atoms with Gasteiger partial charge in [-0.1, -0.05) is 49.4 Å². The van der Waals surface area contributed by atoms with Crippen LogP contribution in [-0.2, 0) is 22.6 Å². The Morgan fingerprint density at radius 2 is 1.85 bits per heavy atom. The lowest BCUT2D eigenvalue weighted by atomic mass is 9.95. The third-order valence-corrected chi connectivity index (χ3v) is 6.15. The normalized spacial score (nSPS) is 13.9. The summed E-state index contributed by atoms with van der Waals surface area (Å²) in [6, 6.07) is 23.2. The average Bonchev–Trinajstić information content (AvgIpc) is 3.02. The Morgan fingerprint density at radius 1 is 1.09 bits per heavy atom. The fourth-order valence-corrected chi connectivity index (χ4v) is 4.19. The van der Waals surface area contributed by atoms with Gasteiger partial charge in [0.25, 0.3) is 5.91 Å². The zero-order valence-electron chi connectivity index (χ0n) is 19.6. The molecule has 34 heavy (non-hydrogen) atoms. The Morgan fingerprint density at radius 3 is 2.56 bits per heavy atom. The van der Waals surface area contributed by atoms with Gasteiger partial charge in [-0.3, -0.25) is 9.59 Å². The quantitative estimate of drug-likeness (QED) is 0.527. The first-order valence-corrected chi connectivity index (χ1v) is 11.6. The summed E-state index contributed by atoms with van der Waals surface area (Å²) >= 11 is 0. The molecule has 0 saturated carbocycles. The van der Waals surface area contributed by atoms with E-state index in [0.717, 1.165) is 28.9 Å². The Labute approximate surface area is 200 Å². The van der Waals surface area contributed by atoms with Crippen molar-refractivity contribution in [2.24, 2.45) is 0 Å². The Bertz CT molecular complexity index is 1130. The third-order valence-electron chi connectivity index (χ3n) is 6.15. The van der Waals surface area contributed by atoms with Crippen molar-refractivity contribution in [2.45, 2.75) is 32.2 Å². The molecule has 3 aromatic carbocycles. The number of hydrogen-bond acceptors (Lipinski definition) is 4. The first-order valence-electron chi connectivity index (χ1n) is 11.6. The van der Waals surface area contributed by atoms with E-state index in [2.05, 4.69) is 5.32 Å². The van der Waals surface area contributed by atoms with Crippen LogP contribution in [0.15, 0.2) is 72.8 Å². The van der Waals surface area contributed by atoms with Crippen molar-refractivity contribution in [3.63, 3.8) is 0 Å². The zero-order valence-corrected chi connectivity index (χ0v) is 19.6. The molecule has 1 atom stereocenters. The third kappa shape index (κ3) is 5.57. The molecule has 1 unspecified atom stereocenters. The first-order chi connectivity index (χ1) is 16.6. The smallest absolute Gasteiger partial charge is 0.260 e. The number of rotatable bonds is 8. The van der Waals surface area contributed by atoms with Gasteiger partial charge in [-0.15, -0.1) is 0 Å². The number of benzene rings is 3. The second-order valence-electron chi connectivity index (χ2n) is 8.39. The van der Waals surface area contributed by atoms with Gasteiger partial charge in [-0.25, -0.2) is 0 Å². The van der Waals surface area contributed by atoms with Crippen LogP contribution >= 0.6 is 0 Å². The van der Waals surface area contributed by atoms with Gasteiger partial charge in [0, 0.05) is 24.3 Å². The highest BCUT2D eigenvalue weighted by molar-refractivity contribution is 5.96. The minimum Gasteiger partial charge on any atom is -0.497 e. The van der Waals surface area contributed by atoms with Crippen LogP contribution < -0.4 is 14.8 Å². The SMILES string of the molecule is CCC(C(=O)Nc1ccc2c(c1)CN(CCc1ccc(OC)cc1)C(=O)CO2)c1ccccc1. The summed E-state index contributed by atoms with van der Waals surface area (Å²) in [6.45, 7) is 3.03. The summed E-state index contributed by atoms with van der Waals surface area (Å²) in [4.78, 5) is 27.5. The maximum atomic E-state index is 13.0. The van der Waals surface area contributed by atoms with Crippen molar-refractivity contribution in [3.05, 3.63) is 89.5 Å². The molecule has 3 aromatic rings. The van der Waals surface area contributed by atoms with Crippen molar-refractivity contribution in [3.8, 4) is 11.5 Å². The van der Waals surface area contributed by atoms with Gasteiger partial charge in [0.15, 0.2) is 6.61 Å². The number of nitrogens with one attached hydrogen (secondary N) is 1. The molecule has 4 rings (SSSR count). The maximum absolute atomic E-state index is 13.0. The van der Waals surface area contributed by atoms with E-state index < -0.39 is 0 Å². The summed E-state index contributed by atoms with van der Waals surface area (Å²) in [7, 11) is 1.64. The monoisotopic (exact) mass is 458 g/mol. The lowest BCUT2D eigenvalue weighted by Crippen LogP contribution is -2.34. The topological polar surface area (TPSA) is 67.9 Å². The van der Waals surface area contributed by atoms with Crippen molar-refractivity contribution < 1.29 is 19.1 Å². The van der Waals surface area contributed by atoms with Crippen LogP contribution in [0.1, 0.15) is 36.0 Å². The highest BCUT2D eigenvalue weighted by Gasteiger charge is 2.23. The van der Waals surface area contributed by atoms with Gasteiger partial charge in [0.05, 0.1) is 13.0 Å². The Kier molecular flexibility index (Phi) is 7.48. The van der Waals surface area contributed by atoms with Crippen molar-refractivity contribution in [1.29, 1.82) is 0 Å². The molecule has 1 heterocycles. The molecule has 1 N–H and O–H groups in total. The number of methoxy groups -OCH3 is 1. The van der Waals surface area contributed by atoms with E-state index in [9.17, 15) is 9.59 Å². The summed E-state index contributed by atoms with van der Waals surface area (Å²) in [5.41, 5.74) is 3.71. The van der Waals surface area contributed by atoms with Crippen LogP contribution in [0.25, 0.3) is 0 Å².